The average Bonchev–Trinajstić information content (AvgIpc) is 3.43. The lowest BCUT2D eigenvalue weighted by Crippen LogP contribution is -2.04. The fraction of sp³-hybridized carbons (Fsp3) is 0. The molecule has 0 amide bonds. The lowest BCUT2D eigenvalue weighted by molar-refractivity contribution is 1.08. The van der Waals surface area contributed by atoms with Crippen LogP contribution in [0.2, 0.25) is 0 Å². The molecule has 0 spiro atoms. The number of hydrogen-bond donors (Lipinski definition) is 0. The van der Waals surface area contributed by atoms with Crippen molar-refractivity contribution in [2.45, 2.75) is 0 Å². The summed E-state index contributed by atoms with van der Waals surface area (Å²) in [6, 6.07) is 55.0. The molecule has 3 nitrogen and oxygen atoms in total. The first-order valence-electron chi connectivity index (χ1n) is 16.8. The lowest BCUT2D eigenvalue weighted by atomic mass is 9.89. The summed E-state index contributed by atoms with van der Waals surface area (Å²) in [6.45, 7) is 0. The quantitative estimate of drug-likeness (QED) is 0.184. The van der Waals surface area contributed by atoms with Crippen LogP contribution in [-0.4, -0.2) is 14.5 Å². The van der Waals surface area contributed by atoms with E-state index < -0.39 is 0 Å². The molecule has 0 saturated carbocycles. The highest BCUT2D eigenvalue weighted by molar-refractivity contribution is 6.46. The molecule has 0 radical (unpaired) electrons. The fourth-order valence-corrected chi connectivity index (χ4v) is 8.77. The molecule has 12 rings (SSSR count). The summed E-state index contributed by atoms with van der Waals surface area (Å²) in [5.74, 6) is 0.842. The Morgan fingerprint density at radius 3 is 1.51 bits per heavy atom. The Labute approximate surface area is 280 Å². The molecule has 0 aliphatic heterocycles. The molecule has 3 heteroatoms. The van der Waals surface area contributed by atoms with Crippen LogP contribution in [0.1, 0.15) is 0 Å². The van der Waals surface area contributed by atoms with Gasteiger partial charge in [-0.1, -0.05) is 127 Å². The van der Waals surface area contributed by atoms with Gasteiger partial charge >= 0.3 is 0 Å². The summed E-state index contributed by atoms with van der Waals surface area (Å²) >= 11 is 0. The Bertz CT molecular complexity index is 3240. The summed E-state index contributed by atoms with van der Waals surface area (Å²) in [4.78, 5) is 10.8. The second kappa shape index (κ2) is 9.06. The standard InChI is InChI=1S/C46H25N3/c1-3-9-26(10-4-1)33-25-37-44-42-32(33)23-21-29-19-17-27-15-16-28-18-20-30-22-24-36(43(44)41(30)39(28)38(27)40(29)42)49(37)46-45(31-11-5-2-6-12-31)47-34-13-7-8-14-35(34)48-46/h1-25H. The third-order valence-electron chi connectivity index (χ3n) is 10.8. The molecular weight excluding hydrogens is 595 g/mol. The zero-order valence-corrected chi connectivity index (χ0v) is 26.3. The van der Waals surface area contributed by atoms with Crippen LogP contribution in [0.25, 0.3) is 115 Å². The van der Waals surface area contributed by atoms with Gasteiger partial charge < -0.3 is 0 Å². The second-order valence-electron chi connectivity index (χ2n) is 13.3. The normalized spacial score (nSPS) is 12.5. The zero-order valence-electron chi connectivity index (χ0n) is 26.3. The Morgan fingerprint density at radius 1 is 0.367 bits per heavy atom. The van der Waals surface area contributed by atoms with E-state index in [0.29, 0.717) is 0 Å². The molecule has 2 heterocycles. The van der Waals surface area contributed by atoms with Gasteiger partial charge in [0, 0.05) is 27.1 Å². The van der Waals surface area contributed by atoms with Crippen LogP contribution in [0, 0.1) is 0 Å². The van der Waals surface area contributed by atoms with E-state index in [4.69, 9.17) is 9.97 Å². The van der Waals surface area contributed by atoms with Crippen LogP contribution in [0.5, 0.6) is 0 Å². The Morgan fingerprint density at radius 2 is 0.857 bits per heavy atom. The largest absolute Gasteiger partial charge is 0.292 e. The van der Waals surface area contributed by atoms with Gasteiger partial charge in [0.1, 0.15) is 5.69 Å². The highest BCUT2D eigenvalue weighted by Crippen LogP contribution is 2.52. The molecule has 2 aromatic heterocycles. The van der Waals surface area contributed by atoms with E-state index in [1.807, 2.05) is 12.1 Å². The van der Waals surface area contributed by atoms with Crippen LogP contribution < -0.4 is 0 Å². The molecule has 0 atom stereocenters. The molecule has 0 fully saturated rings. The smallest absolute Gasteiger partial charge is 0.165 e. The number of rotatable bonds is 3. The summed E-state index contributed by atoms with van der Waals surface area (Å²) in [6.07, 6.45) is 0. The monoisotopic (exact) mass is 619 g/mol. The SMILES string of the molecule is c1ccc(-c2nc3ccccc3nc2-n2c3ccc4ccc5ccc6ccc7ccc8c(-c9ccccc9)cc2c2c8c7c6c5c4c23)cc1. The van der Waals surface area contributed by atoms with Crippen molar-refractivity contribution in [1.82, 2.24) is 14.5 Å². The van der Waals surface area contributed by atoms with Gasteiger partial charge in [-0.2, -0.15) is 0 Å². The molecule has 0 aliphatic rings. The van der Waals surface area contributed by atoms with Gasteiger partial charge in [0.05, 0.1) is 22.1 Å². The molecule has 0 aliphatic carbocycles. The van der Waals surface area contributed by atoms with Crippen LogP contribution in [0.3, 0.4) is 0 Å². The van der Waals surface area contributed by atoms with Gasteiger partial charge in [-0.15, -0.1) is 0 Å². The third kappa shape index (κ3) is 3.22. The van der Waals surface area contributed by atoms with Crippen molar-refractivity contribution < 1.29 is 0 Å². The van der Waals surface area contributed by atoms with E-state index in [9.17, 15) is 0 Å². The van der Waals surface area contributed by atoms with Gasteiger partial charge in [0.2, 0.25) is 0 Å². The van der Waals surface area contributed by atoms with Crippen molar-refractivity contribution in [1.29, 1.82) is 0 Å². The van der Waals surface area contributed by atoms with Crippen LogP contribution in [0.15, 0.2) is 152 Å². The van der Waals surface area contributed by atoms with Crippen molar-refractivity contribution in [3.05, 3.63) is 152 Å². The Hall–Kier alpha value is -6.58. The molecule has 0 N–H and O–H groups in total. The molecule has 12 aromatic rings. The van der Waals surface area contributed by atoms with Crippen LogP contribution in [-0.2, 0) is 0 Å². The van der Waals surface area contributed by atoms with Crippen molar-refractivity contribution in [2.75, 3.05) is 0 Å². The minimum absolute atomic E-state index is 0.842. The molecule has 0 bridgehead atoms. The summed E-state index contributed by atoms with van der Waals surface area (Å²) < 4.78 is 2.41. The molecule has 0 unspecified atom stereocenters. The maximum absolute atomic E-state index is 5.46. The number of para-hydroxylation sites is 2. The van der Waals surface area contributed by atoms with Gasteiger partial charge in [-0.25, -0.2) is 9.97 Å². The summed E-state index contributed by atoms with van der Waals surface area (Å²) in [5.41, 5.74) is 8.38. The second-order valence-corrected chi connectivity index (χ2v) is 13.3. The highest BCUT2D eigenvalue weighted by atomic mass is 15.1. The van der Waals surface area contributed by atoms with E-state index in [0.717, 1.165) is 39.1 Å². The predicted octanol–water partition coefficient (Wildman–Crippen LogP) is 12.1. The molecular formula is C46H25N3. The summed E-state index contributed by atoms with van der Waals surface area (Å²) in [5, 5.41) is 15.6. The van der Waals surface area contributed by atoms with Gasteiger partial charge in [0.25, 0.3) is 0 Å². The van der Waals surface area contributed by atoms with E-state index in [1.54, 1.807) is 0 Å². The molecule has 10 aromatic carbocycles. The minimum atomic E-state index is 0.842. The molecule has 0 saturated heterocycles. The van der Waals surface area contributed by atoms with Gasteiger partial charge in [-0.3, -0.25) is 4.57 Å². The number of fused-ring (bicyclic) bond motifs is 1. The van der Waals surface area contributed by atoms with E-state index in [2.05, 4.69) is 144 Å². The van der Waals surface area contributed by atoms with Crippen molar-refractivity contribution in [2.24, 2.45) is 0 Å². The first-order chi connectivity index (χ1) is 24.3. The number of aromatic nitrogens is 3. The summed E-state index contributed by atoms with van der Waals surface area (Å²) in [7, 11) is 0. The maximum Gasteiger partial charge on any atom is 0.165 e. The topological polar surface area (TPSA) is 30.7 Å². The van der Waals surface area contributed by atoms with Crippen LogP contribution in [0.4, 0.5) is 0 Å². The fourth-order valence-electron chi connectivity index (χ4n) is 8.77. The zero-order chi connectivity index (χ0) is 31.8. The number of nitrogens with zero attached hydrogens (tertiary/aromatic N) is 3. The van der Waals surface area contributed by atoms with E-state index in [-0.39, 0.29) is 0 Å². The number of benzene rings is 9. The Balaban J connectivity index is 1.42. The lowest BCUT2D eigenvalue weighted by Gasteiger charge is -2.17. The van der Waals surface area contributed by atoms with Gasteiger partial charge in [-0.05, 0) is 78.5 Å². The molecule has 49 heavy (non-hydrogen) atoms. The number of hydrogen-bond acceptors (Lipinski definition) is 2. The van der Waals surface area contributed by atoms with Crippen molar-refractivity contribution >= 4 is 86.7 Å². The first kappa shape index (κ1) is 25.5. The third-order valence-corrected chi connectivity index (χ3v) is 10.8. The van der Waals surface area contributed by atoms with E-state index in [1.165, 1.54) is 75.8 Å². The van der Waals surface area contributed by atoms with Crippen LogP contribution >= 0.6 is 0 Å². The predicted molar refractivity (Wildman–Crippen MR) is 206 cm³/mol. The minimum Gasteiger partial charge on any atom is -0.292 e. The average molecular weight is 620 g/mol. The first-order valence-corrected chi connectivity index (χ1v) is 16.8. The van der Waals surface area contributed by atoms with Crippen molar-refractivity contribution in [3.63, 3.8) is 0 Å². The highest BCUT2D eigenvalue weighted by Gasteiger charge is 2.27. The van der Waals surface area contributed by atoms with Crippen molar-refractivity contribution in [3.8, 4) is 28.2 Å². The maximum atomic E-state index is 5.46. The molecule has 224 valence electrons. The van der Waals surface area contributed by atoms with Gasteiger partial charge in [0.15, 0.2) is 5.82 Å². The van der Waals surface area contributed by atoms with E-state index >= 15 is 0 Å². The Kier molecular flexibility index (Phi) is 4.72.